The minimum absolute atomic E-state index is 0. The molecule has 0 radical (unpaired) electrons. The third-order valence-electron chi connectivity index (χ3n) is 0. The van der Waals surface area contributed by atoms with E-state index in [0.29, 0.717) is 0 Å². The second kappa shape index (κ2) is 51.8. The van der Waals surface area contributed by atoms with Crippen LogP contribution in [-0.2, 0) is 61.2 Å². The van der Waals surface area contributed by atoms with E-state index in [4.69, 9.17) is 0 Å². The van der Waals surface area contributed by atoms with Crippen molar-refractivity contribution in [3.8, 4) is 0 Å². The molecule has 0 aliphatic carbocycles. The van der Waals surface area contributed by atoms with Crippen molar-refractivity contribution < 1.29 is 61.2 Å². The number of hydrogen-bond donors (Lipinski definition) is 0. The van der Waals surface area contributed by atoms with E-state index in [1.54, 1.807) is 0 Å². The fourth-order valence-corrected chi connectivity index (χ4v) is 0. The first-order valence-electron chi connectivity index (χ1n) is 0.272. The molecule has 0 N–H and O–H groups in total. The van der Waals surface area contributed by atoms with Crippen molar-refractivity contribution in [1.82, 2.24) is 0 Å². The molecule has 0 aromatic carbocycles. The van der Waals surface area contributed by atoms with E-state index >= 15 is 0 Å². The normalized spacial score (nSPS) is 1.67. The van der Waals surface area contributed by atoms with Crippen LogP contribution in [0.15, 0.2) is 0 Å². The molecule has 0 nitrogen and oxygen atoms in total. The Morgan fingerprint density at radius 1 is 0.667 bits per heavy atom. The number of hydrogen-bond acceptors (Lipinski definition) is 2. The fourth-order valence-electron chi connectivity index (χ4n) is 0. The van der Waals surface area contributed by atoms with Gasteiger partial charge in [0.05, 0.1) is 0 Å². The number of rotatable bonds is 0. The van der Waals surface area contributed by atoms with Gasteiger partial charge in [-0.15, -0.1) is 0 Å². The summed E-state index contributed by atoms with van der Waals surface area (Å²) in [5.41, 5.74) is 0. The summed E-state index contributed by atoms with van der Waals surface area (Å²) in [7, 11) is 7.54. The van der Waals surface area contributed by atoms with Gasteiger partial charge in [-0.05, 0) is 0 Å². The van der Waals surface area contributed by atoms with E-state index in [-0.39, 0.29) is 33.0 Å². The molecule has 0 spiro atoms. The van der Waals surface area contributed by atoms with E-state index < -0.39 is 0 Å². The van der Waals surface area contributed by atoms with Gasteiger partial charge in [-0.1, -0.05) is 0 Å². The van der Waals surface area contributed by atoms with Crippen LogP contribution in [0.1, 0.15) is 0 Å². The van der Waals surface area contributed by atoms with Crippen molar-refractivity contribution in [2.24, 2.45) is 0 Å². The van der Waals surface area contributed by atoms with Crippen molar-refractivity contribution in [1.29, 1.82) is 0 Å². The average molecular weight is 299 g/mol. The summed E-state index contributed by atoms with van der Waals surface area (Å²) in [6, 6.07) is 0. The van der Waals surface area contributed by atoms with Gasteiger partial charge in [0.1, 0.15) is 0 Å². The zero-order valence-electron chi connectivity index (χ0n) is 2.12. The van der Waals surface area contributed by atoms with Crippen molar-refractivity contribution in [3.63, 3.8) is 0 Å². The van der Waals surface area contributed by atoms with Gasteiger partial charge in [-0.2, -0.15) is 0 Å². The van der Waals surface area contributed by atoms with Crippen LogP contribution in [0, 0.1) is 0 Å². The zero-order chi connectivity index (χ0) is 4.00. The van der Waals surface area contributed by atoms with Gasteiger partial charge >= 0.3 is 49.5 Å². The zero-order valence-corrected chi connectivity index (χ0v) is 7.81. The summed E-state index contributed by atoms with van der Waals surface area (Å²) < 4.78 is 0. The quantitative estimate of drug-likeness (QED) is 0.618. The van der Waals surface area contributed by atoms with Crippen LogP contribution in [0.2, 0.25) is 0 Å². The van der Waals surface area contributed by atoms with E-state index in [1.165, 1.54) is 0 Å². The fraction of sp³-hybridized carbons (Fsp3) is 0. The summed E-state index contributed by atoms with van der Waals surface area (Å²) in [6.07, 6.45) is 0. The van der Waals surface area contributed by atoms with Crippen LogP contribution in [-0.4, -0.2) is 0 Å². The molecule has 0 aliphatic rings. The molecule has 0 aromatic rings. The van der Waals surface area contributed by atoms with Crippen molar-refractivity contribution >= 4 is 21.2 Å². The van der Waals surface area contributed by atoms with Crippen LogP contribution in [0.3, 0.4) is 0 Å². The van der Waals surface area contributed by atoms with Gasteiger partial charge in [0.25, 0.3) is 0 Å². The maximum absolute atomic E-state index is 3.77. The predicted molar refractivity (Wildman–Crippen MR) is 15.2 cm³/mol. The summed E-state index contributed by atoms with van der Waals surface area (Å²) in [5.74, 6) is 0. The van der Waals surface area contributed by atoms with Gasteiger partial charge < -0.3 is 0 Å². The first-order valence-corrected chi connectivity index (χ1v) is 3.37. The van der Waals surface area contributed by atoms with E-state index in [1.807, 2.05) is 0 Å². The molecule has 0 bridgehead atoms. The molecule has 0 saturated carbocycles. The minimum atomic E-state index is 0. The Morgan fingerprint density at radius 3 is 0.667 bits per heavy atom. The van der Waals surface area contributed by atoms with Gasteiger partial charge in [0.2, 0.25) is 0 Å². The van der Waals surface area contributed by atoms with E-state index in [0.717, 1.165) is 0 Å². The molecule has 0 atom stereocenters. The topological polar surface area (TPSA) is 0 Å². The van der Waals surface area contributed by atoms with Crippen LogP contribution in [0.4, 0.5) is 0 Å². The first kappa shape index (κ1) is 23.7. The molecule has 0 amide bonds. The average Bonchev–Trinajstić information content (AvgIpc) is 1.50. The SMILES string of the molecule is [Ni].[Ni].[S]=[Co].[S]=[Co]. The van der Waals surface area contributed by atoms with Gasteiger partial charge in [-0.25, -0.2) is 0 Å². The summed E-state index contributed by atoms with van der Waals surface area (Å²) >= 11 is 6.29. The maximum atomic E-state index is 3.77. The van der Waals surface area contributed by atoms with Crippen molar-refractivity contribution in [3.05, 3.63) is 0 Å². The van der Waals surface area contributed by atoms with Crippen LogP contribution in [0.5, 0.6) is 0 Å². The molecule has 0 aliphatic heterocycles. The van der Waals surface area contributed by atoms with Crippen LogP contribution < -0.4 is 0 Å². The first-order chi connectivity index (χ1) is 2.00. The van der Waals surface area contributed by atoms with Crippen LogP contribution in [0.25, 0.3) is 0 Å². The van der Waals surface area contributed by atoms with Crippen molar-refractivity contribution in [2.75, 3.05) is 0 Å². The Hall–Kier alpha value is 2.44. The molecular formula is Co2Ni2S2. The van der Waals surface area contributed by atoms with Gasteiger partial charge in [-0.3, -0.25) is 0 Å². The summed E-state index contributed by atoms with van der Waals surface area (Å²) in [6.45, 7) is 0. The van der Waals surface area contributed by atoms with E-state index in [9.17, 15) is 0 Å². The van der Waals surface area contributed by atoms with Crippen LogP contribution >= 0.6 is 21.2 Å². The van der Waals surface area contributed by atoms with Crippen molar-refractivity contribution in [2.45, 2.75) is 0 Å². The Kier molecular flexibility index (Phi) is 205. The molecule has 0 rings (SSSR count). The molecule has 50 valence electrons. The molecular weight excluding hydrogens is 299 g/mol. The Labute approximate surface area is 81.4 Å². The Balaban J connectivity index is -0.00000000500. The summed E-state index contributed by atoms with van der Waals surface area (Å²) in [4.78, 5) is 0. The van der Waals surface area contributed by atoms with Gasteiger partial charge in [0.15, 0.2) is 0 Å². The Bertz CT molecular complexity index is 11.5. The third kappa shape index (κ3) is 32.0. The Morgan fingerprint density at radius 2 is 0.667 bits per heavy atom. The monoisotopic (exact) mass is 298 g/mol. The second-order valence-corrected chi connectivity index (χ2v) is 0. The third-order valence-corrected chi connectivity index (χ3v) is 0. The van der Waals surface area contributed by atoms with Gasteiger partial charge in [0, 0.05) is 33.0 Å². The summed E-state index contributed by atoms with van der Waals surface area (Å²) in [5, 5.41) is 0. The predicted octanol–water partition coefficient (Wildman–Crippen LogP) is 1.29. The molecule has 0 aromatic heterocycles. The molecule has 6 heavy (non-hydrogen) atoms. The van der Waals surface area contributed by atoms with E-state index in [2.05, 4.69) is 49.5 Å². The molecule has 0 fully saturated rings. The standard InChI is InChI=1S/2Co.2Ni.2S. The molecule has 0 saturated heterocycles. The molecule has 0 unspecified atom stereocenters. The molecule has 6 heteroatoms. The molecule has 0 heterocycles. The second-order valence-electron chi connectivity index (χ2n) is 0.